The van der Waals surface area contributed by atoms with Crippen LogP contribution in [0.4, 0.5) is 21.0 Å². The van der Waals surface area contributed by atoms with Gasteiger partial charge in [0.25, 0.3) is 5.91 Å². The summed E-state index contributed by atoms with van der Waals surface area (Å²) in [5, 5.41) is 18.8. The van der Waals surface area contributed by atoms with Gasteiger partial charge in [-0.3, -0.25) is 14.5 Å². The molecule has 0 bridgehead atoms. The summed E-state index contributed by atoms with van der Waals surface area (Å²) in [5.74, 6) is 0.445. The monoisotopic (exact) mass is 737 g/mol. The molecule has 0 radical (unpaired) electrons. The number of nitrogens with zero attached hydrogens (tertiary/aromatic N) is 2. The SMILES string of the molecule is COc1cc(CN2C(=O)N([C@@H](CN[C@@H](CC(=O)O)c3ccc(OC)c(OC)c3)CC3CC3)C(=O)C2(C)C)ccc1NC(=O)Nc1ccccc1C.Cl. The lowest BCUT2D eigenvalue weighted by Gasteiger charge is -2.29. The van der Waals surface area contributed by atoms with Crippen molar-refractivity contribution in [3.8, 4) is 17.2 Å². The highest BCUT2D eigenvalue weighted by Gasteiger charge is 2.53. The number of hydrogen-bond donors (Lipinski definition) is 4. The molecule has 4 N–H and O–H groups in total. The number of para-hydroxylation sites is 1. The van der Waals surface area contributed by atoms with Crippen LogP contribution in [0.3, 0.4) is 0 Å². The van der Waals surface area contributed by atoms with Crippen LogP contribution < -0.4 is 30.2 Å². The Morgan fingerprint density at radius 1 is 0.904 bits per heavy atom. The van der Waals surface area contributed by atoms with Crippen molar-refractivity contribution in [1.82, 2.24) is 15.1 Å². The zero-order chi connectivity index (χ0) is 36.9. The van der Waals surface area contributed by atoms with E-state index < -0.39 is 35.7 Å². The first-order valence-electron chi connectivity index (χ1n) is 17.0. The molecule has 2 aliphatic rings. The second-order valence-corrected chi connectivity index (χ2v) is 13.5. The number of amides is 5. The number of nitrogens with one attached hydrogen (secondary N) is 3. The van der Waals surface area contributed by atoms with Crippen LogP contribution in [0, 0.1) is 12.8 Å². The van der Waals surface area contributed by atoms with Crippen molar-refractivity contribution >= 4 is 47.7 Å². The van der Waals surface area contributed by atoms with Crippen LogP contribution in [0.15, 0.2) is 60.7 Å². The molecule has 3 aromatic carbocycles. The van der Waals surface area contributed by atoms with E-state index in [2.05, 4.69) is 16.0 Å². The number of rotatable bonds is 16. The van der Waals surface area contributed by atoms with Gasteiger partial charge in [0.05, 0.1) is 39.5 Å². The number of halogens is 1. The lowest BCUT2D eigenvalue weighted by atomic mass is 10.00. The first kappa shape index (κ1) is 39.8. The van der Waals surface area contributed by atoms with E-state index in [9.17, 15) is 24.3 Å². The normalized spacial score (nSPS) is 16.1. The Balaban J connectivity index is 0.00000605. The first-order chi connectivity index (χ1) is 24.4. The van der Waals surface area contributed by atoms with Gasteiger partial charge in [-0.2, -0.15) is 0 Å². The quantitative estimate of drug-likeness (QED) is 0.119. The van der Waals surface area contributed by atoms with Crippen molar-refractivity contribution in [3.05, 3.63) is 77.4 Å². The standard InChI is InChI=1S/C38H47N5O8.ClH/c1-23-9-7-8-10-28(23)40-36(47)41-29-15-13-25(18-32(29)50-5)22-42-37(48)43(35(46)38(42,2)3)27(17-24-11-12-24)21-39-30(20-34(44)45)26-14-16-31(49-4)33(19-26)51-6;/h7-10,13-16,18-19,24,27,30,39H,11-12,17,20-22H2,1-6H3,(H,44,45)(H2,40,41,47);1H/t27-,30+;/m1./s1. The number of benzene rings is 3. The molecule has 5 amide bonds. The minimum atomic E-state index is -1.15. The van der Waals surface area contributed by atoms with E-state index in [4.69, 9.17) is 14.2 Å². The number of carboxylic acid groups (broad SMARTS) is 1. The molecule has 14 heteroatoms. The summed E-state index contributed by atoms with van der Waals surface area (Å²) in [4.78, 5) is 55.8. The second-order valence-electron chi connectivity index (χ2n) is 13.5. The summed E-state index contributed by atoms with van der Waals surface area (Å²) in [6, 6.07) is 15.9. The maximum absolute atomic E-state index is 14.2. The molecule has 5 rings (SSSR count). The van der Waals surface area contributed by atoms with Crippen molar-refractivity contribution in [3.63, 3.8) is 0 Å². The van der Waals surface area contributed by atoms with E-state index in [1.54, 1.807) is 55.1 Å². The van der Waals surface area contributed by atoms with Crippen LogP contribution in [-0.2, 0) is 16.1 Å². The molecule has 1 saturated heterocycles. The molecule has 0 aromatic heterocycles. The molecule has 2 fully saturated rings. The molecular weight excluding hydrogens is 690 g/mol. The summed E-state index contributed by atoms with van der Waals surface area (Å²) >= 11 is 0. The third-order valence-electron chi connectivity index (χ3n) is 9.56. The average molecular weight is 738 g/mol. The predicted octanol–water partition coefficient (Wildman–Crippen LogP) is 6.60. The van der Waals surface area contributed by atoms with Crippen molar-refractivity contribution in [2.24, 2.45) is 5.92 Å². The lowest BCUT2D eigenvalue weighted by Crippen LogP contribution is -2.48. The average Bonchev–Trinajstić information content (AvgIpc) is 3.91. The van der Waals surface area contributed by atoms with Gasteiger partial charge in [-0.05, 0) is 80.1 Å². The van der Waals surface area contributed by atoms with E-state index in [1.165, 1.54) is 26.2 Å². The van der Waals surface area contributed by atoms with Crippen LogP contribution in [0.25, 0.3) is 0 Å². The summed E-state index contributed by atoms with van der Waals surface area (Å²) in [6.45, 7) is 5.70. The molecule has 1 heterocycles. The summed E-state index contributed by atoms with van der Waals surface area (Å²) in [6.07, 6.45) is 2.42. The second kappa shape index (κ2) is 17.0. The number of urea groups is 2. The van der Waals surface area contributed by atoms with Gasteiger partial charge in [-0.15, -0.1) is 12.4 Å². The van der Waals surface area contributed by atoms with Gasteiger partial charge in [0.1, 0.15) is 11.3 Å². The van der Waals surface area contributed by atoms with Crippen LogP contribution >= 0.6 is 12.4 Å². The molecule has 2 atom stereocenters. The molecule has 0 spiro atoms. The summed E-state index contributed by atoms with van der Waals surface area (Å²) < 4.78 is 16.4. The van der Waals surface area contributed by atoms with Gasteiger partial charge in [-0.1, -0.05) is 43.2 Å². The maximum Gasteiger partial charge on any atom is 0.328 e. The molecule has 52 heavy (non-hydrogen) atoms. The van der Waals surface area contributed by atoms with E-state index in [0.717, 1.165) is 18.4 Å². The van der Waals surface area contributed by atoms with Crippen molar-refractivity contribution in [1.29, 1.82) is 0 Å². The number of ether oxygens (including phenoxy) is 3. The van der Waals surface area contributed by atoms with Crippen molar-refractivity contribution < 1.29 is 38.5 Å². The highest BCUT2D eigenvalue weighted by atomic mass is 35.5. The van der Waals surface area contributed by atoms with Gasteiger partial charge in [0, 0.05) is 24.8 Å². The molecule has 280 valence electrons. The Labute approximate surface area is 310 Å². The largest absolute Gasteiger partial charge is 0.495 e. The molecule has 1 aliphatic carbocycles. The van der Waals surface area contributed by atoms with Gasteiger partial charge < -0.3 is 40.2 Å². The zero-order valence-corrected chi connectivity index (χ0v) is 31.2. The third-order valence-corrected chi connectivity index (χ3v) is 9.56. The van der Waals surface area contributed by atoms with Crippen LogP contribution in [0.1, 0.15) is 62.3 Å². The number of methoxy groups -OCH3 is 3. The summed E-state index contributed by atoms with van der Waals surface area (Å²) in [5.41, 5.74) is 2.28. The Hall–Kier alpha value is -5.01. The Bertz CT molecular complexity index is 1780. The topological polar surface area (TPSA) is 159 Å². The highest BCUT2D eigenvalue weighted by Crippen LogP contribution is 2.39. The van der Waals surface area contributed by atoms with E-state index in [-0.39, 0.29) is 37.8 Å². The minimum absolute atomic E-state index is 0. The number of hydrogen-bond acceptors (Lipinski definition) is 8. The molecular formula is C38H48ClN5O8. The zero-order valence-electron chi connectivity index (χ0n) is 30.4. The fourth-order valence-corrected chi connectivity index (χ4v) is 6.41. The van der Waals surface area contributed by atoms with Crippen LogP contribution in [-0.4, -0.2) is 78.3 Å². The number of aryl methyl sites for hydroxylation is 1. The Morgan fingerprint density at radius 2 is 1.58 bits per heavy atom. The van der Waals surface area contributed by atoms with Crippen LogP contribution in [0.5, 0.6) is 17.2 Å². The minimum Gasteiger partial charge on any atom is -0.495 e. The highest BCUT2D eigenvalue weighted by molar-refractivity contribution is 6.07. The van der Waals surface area contributed by atoms with E-state index >= 15 is 0 Å². The van der Waals surface area contributed by atoms with Crippen molar-refractivity contribution in [2.45, 2.75) is 70.6 Å². The fourth-order valence-electron chi connectivity index (χ4n) is 6.41. The van der Waals surface area contributed by atoms with E-state index in [0.29, 0.717) is 52.1 Å². The van der Waals surface area contributed by atoms with Crippen molar-refractivity contribution in [2.75, 3.05) is 38.5 Å². The number of carboxylic acids is 1. The number of anilines is 2. The Morgan fingerprint density at radius 3 is 2.21 bits per heavy atom. The van der Waals surface area contributed by atoms with E-state index in [1.807, 2.05) is 31.2 Å². The molecule has 13 nitrogen and oxygen atoms in total. The fraction of sp³-hybridized carbons (Fsp3) is 0.421. The van der Waals surface area contributed by atoms with Gasteiger partial charge in [0.15, 0.2) is 11.5 Å². The van der Waals surface area contributed by atoms with Gasteiger partial charge in [-0.25, -0.2) is 9.59 Å². The lowest BCUT2D eigenvalue weighted by molar-refractivity contribution is -0.138. The van der Waals surface area contributed by atoms with Crippen LogP contribution in [0.2, 0.25) is 0 Å². The van der Waals surface area contributed by atoms with Gasteiger partial charge in [0.2, 0.25) is 0 Å². The Kier molecular flexibility index (Phi) is 13.0. The molecule has 1 aliphatic heterocycles. The first-order valence-corrected chi connectivity index (χ1v) is 17.0. The number of imide groups is 1. The molecule has 3 aromatic rings. The maximum atomic E-state index is 14.2. The summed E-state index contributed by atoms with van der Waals surface area (Å²) in [7, 11) is 4.53. The molecule has 1 saturated carbocycles. The number of aliphatic carboxylic acids is 1. The molecule has 0 unspecified atom stereocenters. The number of carbonyl (C=O) groups is 4. The third kappa shape index (κ3) is 9.07. The predicted molar refractivity (Wildman–Crippen MR) is 200 cm³/mol. The smallest absolute Gasteiger partial charge is 0.328 e. The number of carbonyl (C=O) groups excluding carboxylic acids is 3. The van der Waals surface area contributed by atoms with Gasteiger partial charge >= 0.3 is 18.0 Å².